The lowest BCUT2D eigenvalue weighted by Crippen LogP contribution is -2.46. The molecule has 4 fully saturated rings. The minimum atomic E-state index is 0.742. The summed E-state index contributed by atoms with van der Waals surface area (Å²) in [7, 11) is 0. The number of piperidine rings is 1. The van der Waals surface area contributed by atoms with Gasteiger partial charge in [0.2, 0.25) is 0 Å². The van der Waals surface area contributed by atoms with Crippen LogP contribution in [-0.4, -0.2) is 47.2 Å². The van der Waals surface area contributed by atoms with Crippen LogP contribution in [0.25, 0.3) is 11.3 Å². The zero-order valence-corrected chi connectivity index (χ0v) is 15.5. The summed E-state index contributed by atoms with van der Waals surface area (Å²) in [4.78, 5) is 5.42. The molecule has 3 aliphatic heterocycles. The molecule has 0 amide bonds. The predicted molar refractivity (Wildman–Crippen MR) is 103 cm³/mol. The first-order valence-corrected chi connectivity index (χ1v) is 10.3. The molecule has 1 saturated carbocycles. The van der Waals surface area contributed by atoms with Crippen molar-refractivity contribution in [3.63, 3.8) is 0 Å². The van der Waals surface area contributed by atoms with E-state index in [1.54, 1.807) is 0 Å². The third-order valence-corrected chi connectivity index (χ3v) is 6.63. The van der Waals surface area contributed by atoms with E-state index < -0.39 is 0 Å². The number of aromatic nitrogens is 1. The largest absolute Gasteiger partial charge is 0.359 e. The molecule has 2 bridgehead atoms. The Hall–Kier alpha value is -1.65. The molecule has 1 aromatic carbocycles. The van der Waals surface area contributed by atoms with Crippen molar-refractivity contribution in [2.75, 3.05) is 26.2 Å². The highest BCUT2D eigenvalue weighted by molar-refractivity contribution is 5.58. The third kappa shape index (κ3) is 3.45. The van der Waals surface area contributed by atoms with Crippen LogP contribution in [0, 0.1) is 11.8 Å². The number of benzene rings is 1. The van der Waals surface area contributed by atoms with Gasteiger partial charge in [0, 0.05) is 43.9 Å². The molecule has 1 aromatic heterocycles. The van der Waals surface area contributed by atoms with Gasteiger partial charge in [-0.05, 0) is 37.5 Å². The molecule has 0 spiro atoms. The average Bonchev–Trinajstić information content (AvgIpc) is 2.92. The van der Waals surface area contributed by atoms with Gasteiger partial charge in [0.25, 0.3) is 0 Å². The van der Waals surface area contributed by atoms with Crippen molar-refractivity contribution in [1.29, 1.82) is 0 Å². The Morgan fingerprint density at radius 3 is 2.69 bits per heavy atom. The van der Waals surface area contributed by atoms with Gasteiger partial charge in [-0.25, -0.2) is 0 Å². The second-order valence-electron chi connectivity index (χ2n) is 8.59. The minimum absolute atomic E-state index is 0.742. The van der Waals surface area contributed by atoms with Gasteiger partial charge < -0.3 is 4.52 Å². The highest BCUT2D eigenvalue weighted by atomic mass is 16.5. The summed E-state index contributed by atoms with van der Waals surface area (Å²) in [6, 6.07) is 13.2. The first kappa shape index (κ1) is 16.5. The van der Waals surface area contributed by atoms with Crippen LogP contribution in [0.4, 0.5) is 0 Å². The van der Waals surface area contributed by atoms with Crippen molar-refractivity contribution in [1.82, 2.24) is 15.0 Å². The summed E-state index contributed by atoms with van der Waals surface area (Å²) in [6.45, 7) is 5.94. The van der Waals surface area contributed by atoms with E-state index in [0.29, 0.717) is 0 Å². The SMILES string of the molecule is c1ccc(-c2cc(CN3C[C@H]4CC[C@@H](C3)N(CC3CCC3)C4)on2)cc1. The molecule has 26 heavy (non-hydrogen) atoms. The van der Waals surface area contributed by atoms with E-state index in [0.717, 1.165) is 41.4 Å². The normalized spacial score (nSPS) is 27.4. The summed E-state index contributed by atoms with van der Waals surface area (Å²) in [6.07, 6.45) is 7.14. The lowest BCUT2D eigenvalue weighted by Gasteiger charge is -2.40. The summed E-state index contributed by atoms with van der Waals surface area (Å²) in [5, 5.41) is 4.29. The van der Waals surface area contributed by atoms with E-state index in [4.69, 9.17) is 4.52 Å². The molecular formula is C22H29N3O. The van der Waals surface area contributed by atoms with Crippen molar-refractivity contribution >= 4 is 0 Å². The topological polar surface area (TPSA) is 32.5 Å². The molecule has 0 N–H and O–H groups in total. The molecule has 4 heterocycles. The third-order valence-electron chi connectivity index (χ3n) is 6.63. The van der Waals surface area contributed by atoms with Crippen molar-refractivity contribution in [2.45, 2.75) is 44.7 Å². The lowest BCUT2D eigenvalue weighted by atomic mass is 9.83. The fraction of sp³-hybridized carbons (Fsp3) is 0.591. The molecular weight excluding hydrogens is 322 g/mol. The van der Waals surface area contributed by atoms with Crippen molar-refractivity contribution in [3.8, 4) is 11.3 Å². The number of hydrogen-bond acceptors (Lipinski definition) is 4. The van der Waals surface area contributed by atoms with E-state index in [2.05, 4.69) is 33.2 Å². The molecule has 3 saturated heterocycles. The van der Waals surface area contributed by atoms with Crippen LogP contribution >= 0.6 is 0 Å². The number of fused-ring (bicyclic) bond motifs is 4. The van der Waals surface area contributed by atoms with Gasteiger partial charge in [-0.1, -0.05) is 41.9 Å². The molecule has 2 aromatic rings. The molecule has 0 radical (unpaired) electrons. The van der Waals surface area contributed by atoms with Crippen molar-refractivity contribution in [2.24, 2.45) is 11.8 Å². The van der Waals surface area contributed by atoms with Gasteiger partial charge in [0.1, 0.15) is 5.69 Å². The smallest absolute Gasteiger partial charge is 0.151 e. The Balaban J connectivity index is 1.24. The molecule has 6 rings (SSSR count). The van der Waals surface area contributed by atoms with Crippen LogP contribution in [0.5, 0.6) is 0 Å². The minimum Gasteiger partial charge on any atom is -0.359 e. The number of nitrogens with zero attached hydrogens (tertiary/aromatic N) is 3. The van der Waals surface area contributed by atoms with Crippen molar-refractivity contribution in [3.05, 3.63) is 42.2 Å². The zero-order chi connectivity index (χ0) is 17.3. The Morgan fingerprint density at radius 2 is 1.88 bits per heavy atom. The van der Waals surface area contributed by atoms with Crippen LogP contribution in [0.3, 0.4) is 0 Å². The summed E-state index contributed by atoms with van der Waals surface area (Å²) >= 11 is 0. The van der Waals surface area contributed by atoms with Gasteiger partial charge in [0.15, 0.2) is 5.76 Å². The van der Waals surface area contributed by atoms with Crippen LogP contribution in [-0.2, 0) is 6.54 Å². The van der Waals surface area contributed by atoms with E-state index in [1.165, 1.54) is 58.3 Å². The van der Waals surface area contributed by atoms with Gasteiger partial charge in [-0.2, -0.15) is 0 Å². The number of hydrogen-bond donors (Lipinski definition) is 0. The predicted octanol–water partition coefficient (Wildman–Crippen LogP) is 4.04. The Labute approximate surface area is 156 Å². The number of rotatable bonds is 5. The zero-order valence-electron chi connectivity index (χ0n) is 15.5. The highest BCUT2D eigenvalue weighted by Crippen LogP contribution is 2.33. The molecule has 138 valence electrons. The second-order valence-corrected chi connectivity index (χ2v) is 8.59. The maximum Gasteiger partial charge on any atom is 0.151 e. The molecule has 4 aliphatic rings. The Bertz CT molecular complexity index is 724. The lowest BCUT2D eigenvalue weighted by molar-refractivity contribution is 0.0888. The Morgan fingerprint density at radius 1 is 1.00 bits per heavy atom. The van der Waals surface area contributed by atoms with E-state index in [-0.39, 0.29) is 0 Å². The van der Waals surface area contributed by atoms with E-state index in [1.807, 2.05) is 18.2 Å². The van der Waals surface area contributed by atoms with Crippen LogP contribution < -0.4 is 0 Å². The fourth-order valence-electron chi connectivity index (χ4n) is 4.99. The molecule has 4 nitrogen and oxygen atoms in total. The molecule has 1 aliphatic carbocycles. The van der Waals surface area contributed by atoms with Crippen LogP contribution in [0.2, 0.25) is 0 Å². The van der Waals surface area contributed by atoms with Crippen LogP contribution in [0.15, 0.2) is 40.9 Å². The quantitative estimate of drug-likeness (QED) is 0.814. The van der Waals surface area contributed by atoms with E-state index in [9.17, 15) is 0 Å². The van der Waals surface area contributed by atoms with Crippen molar-refractivity contribution < 1.29 is 4.52 Å². The highest BCUT2D eigenvalue weighted by Gasteiger charge is 2.36. The summed E-state index contributed by atoms with van der Waals surface area (Å²) in [5.74, 6) is 2.80. The summed E-state index contributed by atoms with van der Waals surface area (Å²) < 4.78 is 5.67. The van der Waals surface area contributed by atoms with Gasteiger partial charge in [-0.15, -0.1) is 0 Å². The summed E-state index contributed by atoms with van der Waals surface area (Å²) in [5.41, 5.74) is 2.08. The van der Waals surface area contributed by atoms with Crippen LogP contribution in [0.1, 0.15) is 37.9 Å². The first-order chi connectivity index (χ1) is 12.8. The maximum atomic E-state index is 5.67. The standard InChI is InChI=1S/C22H29N3O/c1-2-7-19(8-3-1)22-11-21(26-23-22)16-24-12-18-9-10-20(15-24)25(14-18)13-17-5-4-6-17/h1-3,7-8,11,17-18,20H,4-6,9-10,12-16H2/t18-,20+/m1/s1. The van der Waals surface area contributed by atoms with Gasteiger partial charge >= 0.3 is 0 Å². The first-order valence-electron chi connectivity index (χ1n) is 10.3. The second kappa shape index (κ2) is 7.16. The average molecular weight is 351 g/mol. The maximum absolute atomic E-state index is 5.67. The Kier molecular flexibility index (Phi) is 4.55. The monoisotopic (exact) mass is 351 g/mol. The van der Waals surface area contributed by atoms with Gasteiger partial charge in [-0.3, -0.25) is 9.80 Å². The molecule has 4 heteroatoms. The molecule has 2 atom stereocenters. The molecule has 0 unspecified atom stereocenters. The van der Waals surface area contributed by atoms with E-state index >= 15 is 0 Å². The van der Waals surface area contributed by atoms with Gasteiger partial charge in [0.05, 0.1) is 6.54 Å². The fourth-order valence-corrected chi connectivity index (χ4v) is 4.99.